The Morgan fingerprint density at radius 2 is 1.59 bits per heavy atom. The van der Waals surface area contributed by atoms with Gasteiger partial charge in [0.15, 0.2) is 0 Å². The van der Waals surface area contributed by atoms with Crippen molar-refractivity contribution in [2.45, 2.75) is 6.92 Å². The van der Waals surface area contributed by atoms with Crippen LogP contribution in [0.1, 0.15) is 22.8 Å². The Morgan fingerprint density at radius 3 is 2.23 bits per heavy atom. The van der Waals surface area contributed by atoms with Gasteiger partial charge in [0.1, 0.15) is 11.5 Å². The second-order valence-electron chi connectivity index (χ2n) is 8.69. The van der Waals surface area contributed by atoms with Crippen molar-refractivity contribution in [2.75, 3.05) is 6.61 Å². The lowest BCUT2D eigenvalue weighted by atomic mass is 10.1. The molecule has 6 nitrogen and oxygen atoms in total. The van der Waals surface area contributed by atoms with Gasteiger partial charge >= 0.3 is 0 Å². The molecule has 194 valence electrons. The third kappa shape index (κ3) is 5.88. The molecule has 0 aliphatic heterocycles. The molecule has 4 aromatic carbocycles. The van der Waals surface area contributed by atoms with Crippen LogP contribution in [0.5, 0.6) is 11.5 Å². The van der Waals surface area contributed by atoms with Gasteiger partial charge in [-0.1, -0.05) is 60.7 Å². The molecule has 1 heterocycles. The number of hydrogen-bond acceptors (Lipinski definition) is 4. The molecule has 0 atom stereocenters. The van der Waals surface area contributed by atoms with Gasteiger partial charge in [-0.2, -0.15) is 5.10 Å². The fraction of sp³-hybridized carbons (Fsp3) is 0.0625. The molecule has 0 bridgehead atoms. The zero-order valence-corrected chi connectivity index (χ0v) is 23.4. The van der Waals surface area contributed by atoms with E-state index < -0.39 is 5.91 Å². The summed E-state index contributed by atoms with van der Waals surface area (Å²) in [6, 6.07) is 35.1. The van der Waals surface area contributed by atoms with Gasteiger partial charge < -0.3 is 14.4 Å². The molecule has 1 aromatic heterocycles. The zero-order chi connectivity index (χ0) is 27.2. The molecule has 39 heavy (non-hydrogen) atoms. The van der Waals surface area contributed by atoms with Crippen LogP contribution in [0.2, 0.25) is 0 Å². The first-order valence-electron chi connectivity index (χ1n) is 12.5. The van der Waals surface area contributed by atoms with E-state index in [1.165, 1.54) is 6.07 Å². The number of rotatable bonds is 8. The van der Waals surface area contributed by atoms with E-state index in [4.69, 9.17) is 4.74 Å². The summed E-state index contributed by atoms with van der Waals surface area (Å²) >= 11 is 2.01. The number of carbonyl (C=O) groups is 1. The van der Waals surface area contributed by atoms with E-state index >= 15 is 0 Å². The van der Waals surface area contributed by atoms with Crippen LogP contribution in [0.4, 0.5) is 0 Å². The van der Waals surface area contributed by atoms with Crippen molar-refractivity contribution < 1.29 is 14.6 Å². The van der Waals surface area contributed by atoms with E-state index in [1.807, 2.05) is 90.2 Å². The molecule has 0 saturated heterocycles. The minimum Gasteiger partial charge on any atom is -0.507 e. The Balaban J connectivity index is 1.61. The maximum Gasteiger partial charge on any atom is 0.271 e. The van der Waals surface area contributed by atoms with Crippen molar-refractivity contribution in [1.82, 2.24) is 9.99 Å². The van der Waals surface area contributed by atoms with Crippen molar-refractivity contribution in [3.63, 3.8) is 0 Å². The highest BCUT2D eigenvalue weighted by Crippen LogP contribution is 2.35. The molecule has 5 aromatic rings. The molecule has 0 spiro atoms. The number of aromatic hydroxyl groups is 1. The summed E-state index contributed by atoms with van der Waals surface area (Å²) in [5.41, 5.74) is 8.68. The Hall–Kier alpha value is -4.37. The van der Waals surface area contributed by atoms with Crippen molar-refractivity contribution in [3.8, 4) is 39.7 Å². The number of nitrogens with zero attached hydrogens (tertiary/aromatic N) is 2. The number of hydrogen-bond donors (Lipinski definition) is 2. The number of amides is 1. The van der Waals surface area contributed by atoms with E-state index in [-0.39, 0.29) is 5.75 Å². The number of nitrogens with one attached hydrogen (secondary N) is 1. The highest BCUT2D eigenvalue weighted by atomic mass is 127. The van der Waals surface area contributed by atoms with E-state index in [0.717, 1.165) is 39.5 Å². The Morgan fingerprint density at radius 1 is 0.923 bits per heavy atom. The molecule has 0 saturated carbocycles. The number of ether oxygens (including phenoxy) is 1. The van der Waals surface area contributed by atoms with E-state index in [2.05, 4.69) is 45.4 Å². The lowest BCUT2D eigenvalue weighted by molar-refractivity contribution is 0.0954. The molecular weight excluding hydrogens is 601 g/mol. The average Bonchev–Trinajstić information content (AvgIpc) is 3.35. The third-order valence-electron chi connectivity index (χ3n) is 6.13. The summed E-state index contributed by atoms with van der Waals surface area (Å²) in [6.45, 7) is 2.56. The largest absolute Gasteiger partial charge is 0.507 e. The molecule has 1 amide bonds. The van der Waals surface area contributed by atoms with E-state index in [0.29, 0.717) is 15.7 Å². The van der Waals surface area contributed by atoms with Crippen LogP contribution >= 0.6 is 22.6 Å². The minimum atomic E-state index is -0.409. The number of phenols is 1. The second kappa shape index (κ2) is 12.0. The van der Waals surface area contributed by atoms with Gasteiger partial charge in [-0.15, -0.1) is 0 Å². The van der Waals surface area contributed by atoms with Crippen LogP contribution in [0.25, 0.3) is 28.2 Å². The van der Waals surface area contributed by atoms with Crippen LogP contribution in [-0.4, -0.2) is 28.4 Å². The van der Waals surface area contributed by atoms with E-state index in [9.17, 15) is 9.90 Å². The smallest absolute Gasteiger partial charge is 0.271 e. The standard InChI is InChI=1S/C32H26IN3O3/c1-2-39-27-16-14-26(15-17-27)36-29(22-9-5-3-6-10-22)19-25(31(36)23-11-7-4-8-12-23)21-34-35-32(38)24-13-18-28(33)30(37)20-24/h3-21,37H,2H2,1H3,(H,35,38)/b34-21-. The number of benzene rings is 4. The Labute approximate surface area is 240 Å². The number of phenolic OH excluding ortho intramolecular Hbond substituents is 1. The lowest BCUT2D eigenvalue weighted by Crippen LogP contribution is -2.17. The molecule has 0 radical (unpaired) electrons. The minimum absolute atomic E-state index is 0.0542. The molecule has 5 rings (SSSR count). The summed E-state index contributed by atoms with van der Waals surface area (Å²) in [5.74, 6) is 0.453. The molecular formula is C32H26IN3O3. The van der Waals surface area contributed by atoms with Crippen molar-refractivity contribution in [1.29, 1.82) is 0 Å². The summed E-state index contributed by atoms with van der Waals surface area (Å²) < 4.78 is 8.54. The molecule has 2 N–H and O–H groups in total. The van der Waals surface area contributed by atoms with Gasteiger partial charge in [0.25, 0.3) is 5.91 Å². The quantitative estimate of drug-likeness (QED) is 0.108. The monoisotopic (exact) mass is 627 g/mol. The number of halogens is 1. The van der Waals surface area contributed by atoms with Gasteiger partial charge in [-0.3, -0.25) is 4.79 Å². The summed E-state index contributed by atoms with van der Waals surface area (Å²) in [7, 11) is 0. The third-order valence-corrected chi connectivity index (χ3v) is 7.04. The molecule has 0 aliphatic carbocycles. The van der Waals surface area contributed by atoms with Crippen molar-refractivity contribution >= 4 is 34.7 Å². The van der Waals surface area contributed by atoms with Gasteiger partial charge in [0.2, 0.25) is 0 Å². The van der Waals surface area contributed by atoms with Crippen LogP contribution in [0.15, 0.2) is 114 Å². The van der Waals surface area contributed by atoms with Crippen molar-refractivity contribution in [2.24, 2.45) is 5.10 Å². The van der Waals surface area contributed by atoms with Crippen LogP contribution in [0.3, 0.4) is 0 Å². The Kier molecular flexibility index (Phi) is 8.07. The van der Waals surface area contributed by atoms with Gasteiger partial charge in [0, 0.05) is 16.8 Å². The first-order chi connectivity index (χ1) is 19.0. The average molecular weight is 627 g/mol. The van der Waals surface area contributed by atoms with Crippen LogP contribution in [0, 0.1) is 3.57 Å². The van der Waals surface area contributed by atoms with Crippen molar-refractivity contribution in [3.05, 3.63) is 124 Å². The Bertz CT molecular complexity index is 1610. The number of hydrazone groups is 1. The summed E-state index contributed by atoms with van der Waals surface area (Å²) in [5, 5.41) is 14.3. The number of aromatic nitrogens is 1. The normalized spacial score (nSPS) is 11.0. The van der Waals surface area contributed by atoms with Gasteiger partial charge in [-0.05, 0) is 89.2 Å². The van der Waals surface area contributed by atoms with Gasteiger partial charge in [0.05, 0.1) is 27.8 Å². The predicted octanol–water partition coefficient (Wildman–Crippen LogP) is 7.28. The first-order valence-corrected chi connectivity index (χ1v) is 13.5. The molecule has 0 aliphatic rings. The molecule has 0 unspecified atom stereocenters. The van der Waals surface area contributed by atoms with Gasteiger partial charge in [-0.25, -0.2) is 5.43 Å². The van der Waals surface area contributed by atoms with Crippen LogP contribution < -0.4 is 10.2 Å². The summed E-state index contributed by atoms with van der Waals surface area (Å²) in [4.78, 5) is 12.7. The predicted molar refractivity (Wildman–Crippen MR) is 164 cm³/mol. The fourth-order valence-corrected chi connectivity index (χ4v) is 4.68. The lowest BCUT2D eigenvalue weighted by Gasteiger charge is -2.15. The highest BCUT2D eigenvalue weighted by Gasteiger charge is 2.19. The highest BCUT2D eigenvalue weighted by molar-refractivity contribution is 14.1. The second-order valence-corrected chi connectivity index (χ2v) is 9.86. The maximum atomic E-state index is 12.7. The SMILES string of the molecule is CCOc1ccc(-n2c(-c3ccccc3)cc(/C=N\NC(=O)c3ccc(I)c(O)c3)c2-c2ccccc2)cc1. The summed E-state index contributed by atoms with van der Waals surface area (Å²) in [6.07, 6.45) is 1.66. The van der Waals surface area contributed by atoms with Crippen LogP contribution in [-0.2, 0) is 0 Å². The fourth-order valence-electron chi connectivity index (χ4n) is 4.35. The maximum absolute atomic E-state index is 12.7. The zero-order valence-electron chi connectivity index (χ0n) is 21.2. The topological polar surface area (TPSA) is 75.8 Å². The molecule has 7 heteroatoms. The first kappa shape index (κ1) is 26.2. The number of carbonyl (C=O) groups excluding carboxylic acids is 1. The van der Waals surface area contributed by atoms with E-state index in [1.54, 1.807) is 18.3 Å². The molecule has 0 fully saturated rings.